The van der Waals surface area contributed by atoms with Crippen molar-refractivity contribution in [1.82, 2.24) is 14.3 Å². The van der Waals surface area contributed by atoms with E-state index in [0.717, 1.165) is 12.8 Å². The molecule has 1 aromatic carbocycles. The number of fused-ring (bicyclic) bond motifs is 1. The maximum absolute atomic E-state index is 13.2. The van der Waals surface area contributed by atoms with Gasteiger partial charge in [-0.2, -0.15) is 4.98 Å². The number of thioether (sulfide) groups is 1. The summed E-state index contributed by atoms with van der Waals surface area (Å²) in [5.41, 5.74) is 0.352. The van der Waals surface area contributed by atoms with Crippen LogP contribution in [0.3, 0.4) is 0 Å². The minimum atomic E-state index is -0.314. The quantitative estimate of drug-likeness (QED) is 0.418. The Bertz CT molecular complexity index is 1210. The van der Waals surface area contributed by atoms with Crippen LogP contribution in [0.25, 0.3) is 11.7 Å². The van der Waals surface area contributed by atoms with Crippen LogP contribution in [0.2, 0.25) is 0 Å². The van der Waals surface area contributed by atoms with Crippen LogP contribution in [-0.4, -0.2) is 31.1 Å². The van der Waals surface area contributed by atoms with E-state index in [1.54, 1.807) is 41.4 Å². The van der Waals surface area contributed by atoms with Crippen LogP contribution in [0.4, 0.5) is 0 Å². The van der Waals surface area contributed by atoms with Crippen molar-refractivity contribution < 1.29 is 9.53 Å². The fourth-order valence-electron chi connectivity index (χ4n) is 3.02. The van der Waals surface area contributed by atoms with Crippen molar-refractivity contribution in [2.45, 2.75) is 19.8 Å². The highest BCUT2D eigenvalue weighted by molar-refractivity contribution is 8.26. The second kappa shape index (κ2) is 8.81. The van der Waals surface area contributed by atoms with E-state index in [1.165, 1.54) is 22.2 Å². The molecular weight excluding hydrogens is 418 g/mol. The van der Waals surface area contributed by atoms with Crippen LogP contribution < -0.4 is 10.3 Å². The number of hydrogen-bond acceptors (Lipinski definition) is 6. The van der Waals surface area contributed by atoms with Crippen molar-refractivity contribution in [2.75, 3.05) is 6.54 Å². The van der Waals surface area contributed by atoms with Gasteiger partial charge in [0.05, 0.1) is 4.91 Å². The number of rotatable bonds is 6. The molecule has 0 bridgehead atoms. The highest BCUT2D eigenvalue weighted by atomic mass is 32.2. The first-order chi connectivity index (χ1) is 14.6. The van der Waals surface area contributed by atoms with E-state index in [9.17, 15) is 9.59 Å². The molecule has 0 atom stereocenters. The van der Waals surface area contributed by atoms with Gasteiger partial charge in [0.25, 0.3) is 11.5 Å². The van der Waals surface area contributed by atoms with Gasteiger partial charge in [-0.1, -0.05) is 61.6 Å². The van der Waals surface area contributed by atoms with E-state index in [-0.39, 0.29) is 22.9 Å². The SMILES string of the molecule is CCCCN1C(=O)C(=Cc2c(Oc3ccccc3)nc3ccccn3c2=O)SC1=S. The Labute approximate surface area is 183 Å². The summed E-state index contributed by atoms with van der Waals surface area (Å²) >= 11 is 6.56. The first kappa shape index (κ1) is 20.3. The van der Waals surface area contributed by atoms with Gasteiger partial charge in [0.1, 0.15) is 21.3 Å². The Hall–Kier alpha value is -2.97. The minimum absolute atomic E-state index is 0.149. The number of carbonyl (C=O) groups is 1. The molecule has 1 fully saturated rings. The molecule has 1 aliphatic heterocycles. The minimum Gasteiger partial charge on any atom is -0.438 e. The average Bonchev–Trinajstić information content (AvgIpc) is 3.02. The van der Waals surface area contributed by atoms with Gasteiger partial charge in [-0.15, -0.1) is 0 Å². The number of thiocarbonyl (C=S) groups is 1. The van der Waals surface area contributed by atoms with Crippen LogP contribution in [0.1, 0.15) is 25.3 Å². The third-order valence-corrected chi connectivity index (χ3v) is 5.95. The molecule has 2 aromatic heterocycles. The Morgan fingerprint density at radius 2 is 1.90 bits per heavy atom. The molecule has 1 aliphatic rings. The molecule has 1 amide bonds. The number of ether oxygens (including phenoxy) is 1. The summed E-state index contributed by atoms with van der Waals surface area (Å²) in [6, 6.07) is 14.4. The standard InChI is InChI=1S/C22H19N3O3S2/c1-2-3-12-25-21(27)17(30-22(25)29)14-16-19(28-15-9-5-4-6-10-15)23-18-11-7-8-13-24(18)20(16)26/h4-11,13-14H,2-3,12H2,1H3. The van der Waals surface area contributed by atoms with E-state index in [0.29, 0.717) is 27.2 Å². The van der Waals surface area contributed by atoms with Crippen LogP contribution in [-0.2, 0) is 4.79 Å². The van der Waals surface area contributed by atoms with Crippen molar-refractivity contribution in [3.63, 3.8) is 0 Å². The molecule has 0 unspecified atom stereocenters. The van der Waals surface area contributed by atoms with Gasteiger partial charge in [0, 0.05) is 12.7 Å². The fraction of sp³-hybridized carbons (Fsp3) is 0.182. The van der Waals surface area contributed by atoms with Gasteiger partial charge >= 0.3 is 0 Å². The second-order valence-corrected chi connectivity index (χ2v) is 8.34. The molecule has 3 heterocycles. The van der Waals surface area contributed by atoms with Gasteiger partial charge in [-0.05, 0) is 36.8 Å². The highest BCUT2D eigenvalue weighted by Gasteiger charge is 2.32. The lowest BCUT2D eigenvalue weighted by atomic mass is 10.2. The van der Waals surface area contributed by atoms with Gasteiger partial charge in [0.15, 0.2) is 0 Å². The Balaban J connectivity index is 1.81. The van der Waals surface area contributed by atoms with E-state index in [2.05, 4.69) is 11.9 Å². The lowest BCUT2D eigenvalue weighted by molar-refractivity contribution is -0.122. The number of amides is 1. The van der Waals surface area contributed by atoms with Crippen molar-refractivity contribution in [3.8, 4) is 11.6 Å². The predicted octanol–water partition coefficient (Wildman–Crippen LogP) is 4.49. The molecular formula is C22H19N3O3S2. The Kier molecular flexibility index (Phi) is 5.96. The Morgan fingerprint density at radius 1 is 1.13 bits per heavy atom. The fourth-order valence-corrected chi connectivity index (χ4v) is 4.31. The summed E-state index contributed by atoms with van der Waals surface area (Å²) in [5, 5.41) is 0. The maximum Gasteiger partial charge on any atom is 0.269 e. The third-order valence-electron chi connectivity index (χ3n) is 4.58. The summed E-state index contributed by atoms with van der Waals surface area (Å²) in [6.45, 7) is 2.63. The molecule has 8 heteroatoms. The number of aromatic nitrogens is 2. The monoisotopic (exact) mass is 437 g/mol. The van der Waals surface area contributed by atoms with E-state index < -0.39 is 0 Å². The van der Waals surface area contributed by atoms with E-state index >= 15 is 0 Å². The average molecular weight is 438 g/mol. The molecule has 30 heavy (non-hydrogen) atoms. The van der Waals surface area contributed by atoms with Crippen LogP contribution in [0.15, 0.2) is 64.4 Å². The van der Waals surface area contributed by atoms with Gasteiger partial charge in [0.2, 0.25) is 5.88 Å². The zero-order valence-electron chi connectivity index (χ0n) is 16.3. The summed E-state index contributed by atoms with van der Waals surface area (Å²) in [4.78, 5) is 32.5. The topological polar surface area (TPSA) is 63.9 Å². The molecule has 3 aromatic rings. The lowest BCUT2D eigenvalue weighted by Crippen LogP contribution is -2.29. The maximum atomic E-state index is 13.2. The predicted molar refractivity (Wildman–Crippen MR) is 123 cm³/mol. The van der Waals surface area contributed by atoms with Crippen molar-refractivity contribution in [1.29, 1.82) is 0 Å². The van der Waals surface area contributed by atoms with Crippen molar-refractivity contribution >= 4 is 45.9 Å². The molecule has 6 nitrogen and oxygen atoms in total. The zero-order chi connectivity index (χ0) is 21.1. The summed E-state index contributed by atoms with van der Waals surface area (Å²) in [5.74, 6) is 0.507. The normalized spacial score (nSPS) is 15.4. The molecule has 0 radical (unpaired) electrons. The van der Waals surface area contributed by atoms with Crippen molar-refractivity contribution in [2.24, 2.45) is 0 Å². The highest BCUT2D eigenvalue weighted by Crippen LogP contribution is 2.34. The molecule has 0 saturated carbocycles. The van der Waals surface area contributed by atoms with E-state index in [1.807, 2.05) is 18.2 Å². The molecule has 0 aliphatic carbocycles. The lowest BCUT2D eigenvalue weighted by Gasteiger charge is -2.13. The number of hydrogen-bond donors (Lipinski definition) is 0. The molecule has 0 N–H and O–H groups in total. The smallest absolute Gasteiger partial charge is 0.269 e. The second-order valence-electron chi connectivity index (χ2n) is 6.67. The first-order valence-corrected chi connectivity index (χ1v) is 10.8. The number of benzene rings is 1. The van der Waals surface area contributed by atoms with Crippen LogP contribution >= 0.6 is 24.0 Å². The Morgan fingerprint density at radius 3 is 2.67 bits per heavy atom. The molecule has 4 rings (SSSR count). The van der Waals surface area contributed by atoms with Gasteiger partial charge in [-0.25, -0.2) is 0 Å². The van der Waals surface area contributed by atoms with E-state index in [4.69, 9.17) is 17.0 Å². The number of para-hydroxylation sites is 1. The first-order valence-electron chi connectivity index (χ1n) is 9.58. The zero-order valence-corrected chi connectivity index (χ0v) is 17.9. The largest absolute Gasteiger partial charge is 0.438 e. The van der Waals surface area contributed by atoms with Crippen LogP contribution in [0.5, 0.6) is 11.6 Å². The number of nitrogens with zero attached hydrogens (tertiary/aromatic N) is 3. The number of carbonyl (C=O) groups excluding carboxylic acids is 1. The molecule has 0 spiro atoms. The molecule has 1 saturated heterocycles. The van der Waals surface area contributed by atoms with Gasteiger partial charge < -0.3 is 4.74 Å². The van der Waals surface area contributed by atoms with Crippen molar-refractivity contribution in [3.05, 3.63) is 75.6 Å². The van der Waals surface area contributed by atoms with Crippen LogP contribution in [0, 0.1) is 0 Å². The third kappa shape index (κ3) is 4.01. The van der Waals surface area contributed by atoms with Gasteiger partial charge in [-0.3, -0.25) is 18.9 Å². The summed E-state index contributed by atoms with van der Waals surface area (Å²) < 4.78 is 7.86. The summed E-state index contributed by atoms with van der Waals surface area (Å²) in [7, 11) is 0. The summed E-state index contributed by atoms with van der Waals surface area (Å²) in [6.07, 6.45) is 5.00. The molecule has 152 valence electrons. The number of pyridine rings is 1. The number of unbranched alkanes of at least 4 members (excludes halogenated alkanes) is 1.